The lowest BCUT2D eigenvalue weighted by molar-refractivity contribution is 0.373. The van der Waals surface area contributed by atoms with Crippen molar-refractivity contribution in [2.24, 2.45) is 5.73 Å². The second-order valence-corrected chi connectivity index (χ2v) is 6.18. The van der Waals surface area contributed by atoms with Crippen molar-refractivity contribution in [2.45, 2.75) is 44.0 Å². The van der Waals surface area contributed by atoms with Gasteiger partial charge < -0.3 is 10.3 Å². The highest BCUT2D eigenvalue weighted by Gasteiger charge is 2.08. The molecule has 4 nitrogen and oxygen atoms in total. The molecule has 1 aromatic carbocycles. The van der Waals surface area contributed by atoms with Crippen LogP contribution in [-0.4, -0.2) is 21.9 Å². The van der Waals surface area contributed by atoms with E-state index in [0.29, 0.717) is 11.7 Å². The van der Waals surface area contributed by atoms with E-state index in [1.807, 2.05) is 30.8 Å². The lowest BCUT2D eigenvalue weighted by Crippen LogP contribution is -2.14. The van der Waals surface area contributed by atoms with Gasteiger partial charge in [0, 0.05) is 22.9 Å². The molecule has 0 aliphatic carbocycles. The summed E-state index contributed by atoms with van der Waals surface area (Å²) >= 11 is 1.82. The summed E-state index contributed by atoms with van der Waals surface area (Å²) in [6, 6.07) is 8.48. The fraction of sp³-hybridized carbons (Fsp3) is 0.467. The fourth-order valence-electron chi connectivity index (χ4n) is 1.92. The third-order valence-corrected chi connectivity index (χ3v) is 3.84. The molecule has 0 bridgehead atoms. The molecule has 2 N–H and O–H groups in total. The van der Waals surface area contributed by atoms with E-state index in [9.17, 15) is 0 Å². The highest BCUT2D eigenvalue weighted by Crippen LogP contribution is 2.22. The molecular weight excluding hydrogens is 270 g/mol. The monoisotopic (exact) mass is 291 g/mol. The van der Waals surface area contributed by atoms with Crippen LogP contribution < -0.4 is 5.73 Å². The largest absolute Gasteiger partial charge is 0.339 e. The van der Waals surface area contributed by atoms with Crippen molar-refractivity contribution in [1.82, 2.24) is 10.1 Å². The first kappa shape index (κ1) is 15.1. The number of nitrogens with zero attached hydrogens (tertiary/aromatic N) is 2. The van der Waals surface area contributed by atoms with E-state index in [4.69, 9.17) is 10.3 Å². The number of aryl methyl sites for hydroxylation is 1. The van der Waals surface area contributed by atoms with Crippen molar-refractivity contribution in [3.8, 4) is 11.4 Å². The van der Waals surface area contributed by atoms with Gasteiger partial charge in [0.25, 0.3) is 0 Å². The van der Waals surface area contributed by atoms with Gasteiger partial charge in [-0.15, -0.1) is 11.8 Å². The van der Waals surface area contributed by atoms with Crippen LogP contribution in [0, 0.1) is 0 Å². The topological polar surface area (TPSA) is 64.9 Å². The standard InChI is InChI=1S/C15H21N3OS/c1-3-20-13-9-7-12(8-10-13)15-17-14(19-18-15)6-4-5-11(2)16/h7-11H,3-6,16H2,1-2H3. The van der Waals surface area contributed by atoms with Crippen molar-refractivity contribution >= 4 is 11.8 Å². The van der Waals surface area contributed by atoms with E-state index in [2.05, 4.69) is 29.2 Å². The molecule has 5 heteroatoms. The first-order chi connectivity index (χ1) is 9.69. The Bertz CT molecular complexity index is 522. The number of aromatic nitrogens is 2. The maximum absolute atomic E-state index is 5.72. The van der Waals surface area contributed by atoms with Crippen LogP contribution in [0.3, 0.4) is 0 Å². The first-order valence-corrected chi connectivity index (χ1v) is 7.99. The van der Waals surface area contributed by atoms with Gasteiger partial charge in [-0.3, -0.25) is 0 Å². The SMILES string of the molecule is CCSc1ccc(-c2noc(CCCC(C)N)n2)cc1. The first-order valence-electron chi connectivity index (χ1n) is 7.00. The van der Waals surface area contributed by atoms with Gasteiger partial charge in [0.05, 0.1) is 0 Å². The number of thioether (sulfide) groups is 1. The molecule has 0 aliphatic rings. The van der Waals surface area contributed by atoms with Gasteiger partial charge in [-0.05, 0) is 49.8 Å². The molecule has 1 aromatic heterocycles. The quantitative estimate of drug-likeness (QED) is 0.791. The van der Waals surface area contributed by atoms with Gasteiger partial charge in [0.2, 0.25) is 11.7 Å². The molecule has 0 aliphatic heterocycles. The van der Waals surface area contributed by atoms with Crippen LogP contribution in [0.15, 0.2) is 33.7 Å². The van der Waals surface area contributed by atoms with Crippen molar-refractivity contribution in [1.29, 1.82) is 0 Å². The summed E-state index contributed by atoms with van der Waals surface area (Å²) in [5, 5.41) is 4.04. The average Bonchev–Trinajstić information content (AvgIpc) is 2.88. The van der Waals surface area contributed by atoms with Crippen LogP contribution in [0.25, 0.3) is 11.4 Å². The summed E-state index contributed by atoms with van der Waals surface area (Å²) in [5.41, 5.74) is 6.72. The summed E-state index contributed by atoms with van der Waals surface area (Å²) in [4.78, 5) is 5.69. The highest BCUT2D eigenvalue weighted by atomic mass is 32.2. The Balaban J connectivity index is 1.97. The van der Waals surface area contributed by atoms with E-state index >= 15 is 0 Å². The summed E-state index contributed by atoms with van der Waals surface area (Å²) in [6.45, 7) is 4.15. The minimum Gasteiger partial charge on any atom is -0.339 e. The maximum Gasteiger partial charge on any atom is 0.226 e. The zero-order chi connectivity index (χ0) is 14.4. The Kier molecular flexibility index (Phi) is 5.61. The van der Waals surface area contributed by atoms with Crippen LogP contribution in [0.1, 0.15) is 32.6 Å². The minimum atomic E-state index is 0.223. The Morgan fingerprint density at radius 3 is 2.70 bits per heavy atom. The molecule has 2 rings (SSSR count). The predicted molar refractivity (Wildman–Crippen MR) is 82.7 cm³/mol. The lowest BCUT2D eigenvalue weighted by Gasteiger charge is -2.01. The van der Waals surface area contributed by atoms with Gasteiger partial charge in [-0.2, -0.15) is 4.98 Å². The van der Waals surface area contributed by atoms with Gasteiger partial charge in [0.1, 0.15) is 0 Å². The van der Waals surface area contributed by atoms with Crippen molar-refractivity contribution in [2.75, 3.05) is 5.75 Å². The second-order valence-electron chi connectivity index (χ2n) is 4.84. The normalized spacial score (nSPS) is 12.6. The molecule has 0 saturated carbocycles. The third-order valence-electron chi connectivity index (χ3n) is 2.94. The van der Waals surface area contributed by atoms with Crippen LogP contribution in [0.5, 0.6) is 0 Å². The molecule has 1 unspecified atom stereocenters. The number of rotatable bonds is 7. The average molecular weight is 291 g/mol. The summed E-state index contributed by atoms with van der Waals surface area (Å²) < 4.78 is 5.27. The Labute approximate surface area is 124 Å². The fourth-order valence-corrected chi connectivity index (χ4v) is 2.58. The Hall–Kier alpha value is -1.33. The zero-order valence-electron chi connectivity index (χ0n) is 12.0. The molecule has 1 heterocycles. The maximum atomic E-state index is 5.72. The van der Waals surface area contributed by atoms with Crippen LogP contribution in [-0.2, 0) is 6.42 Å². The minimum absolute atomic E-state index is 0.223. The molecule has 1 atom stereocenters. The summed E-state index contributed by atoms with van der Waals surface area (Å²) in [6.07, 6.45) is 2.74. The van der Waals surface area contributed by atoms with Gasteiger partial charge in [-0.25, -0.2) is 0 Å². The molecule has 20 heavy (non-hydrogen) atoms. The smallest absolute Gasteiger partial charge is 0.226 e. The number of nitrogens with two attached hydrogens (primary N) is 1. The number of hydrogen-bond donors (Lipinski definition) is 1. The van der Waals surface area contributed by atoms with E-state index in [-0.39, 0.29) is 6.04 Å². The Morgan fingerprint density at radius 2 is 2.05 bits per heavy atom. The molecule has 0 fully saturated rings. The molecule has 108 valence electrons. The van der Waals surface area contributed by atoms with Crippen LogP contribution in [0.2, 0.25) is 0 Å². The third kappa shape index (κ3) is 4.35. The van der Waals surface area contributed by atoms with E-state index in [1.165, 1.54) is 4.90 Å². The molecule has 0 spiro atoms. The molecule has 0 saturated heterocycles. The van der Waals surface area contributed by atoms with Gasteiger partial charge >= 0.3 is 0 Å². The number of hydrogen-bond acceptors (Lipinski definition) is 5. The zero-order valence-corrected chi connectivity index (χ0v) is 12.8. The van der Waals surface area contributed by atoms with Crippen molar-refractivity contribution in [3.63, 3.8) is 0 Å². The van der Waals surface area contributed by atoms with Gasteiger partial charge in [0.15, 0.2) is 0 Å². The summed E-state index contributed by atoms with van der Waals surface area (Å²) in [5.74, 6) is 2.42. The van der Waals surface area contributed by atoms with Crippen LogP contribution in [0.4, 0.5) is 0 Å². The van der Waals surface area contributed by atoms with Crippen molar-refractivity contribution < 1.29 is 4.52 Å². The van der Waals surface area contributed by atoms with E-state index in [0.717, 1.165) is 30.6 Å². The highest BCUT2D eigenvalue weighted by molar-refractivity contribution is 7.99. The van der Waals surface area contributed by atoms with Crippen LogP contribution >= 0.6 is 11.8 Å². The van der Waals surface area contributed by atoms with Gasteiger partial charge in [-0.1, -0.05) is 12.1 Å². The van der Waals surface area contributed by atoms with Crippen molar-refractivity contribution in [3.05, 3.63) is 30.2 Å². The van der Waals surface area contributed by atoms with E-state index < -0.39 is 0 Å². The molecule has 0 radical (unpaired) electrons. The number of benzene rings is 1. The Morgan fingerprint density at radius 1 is 1.30 bits per heavy atom. The molecule has 2 aromatic rings. The second kappa shape index (κ2) is 7.45. The predicted octanol–water partition coefficient (Wildman–Crippen LogP) is 3.52. The molecule has 0 amide bonds. The lowest BCUT2D eigenvalue weighted by atomic mass is 10.1. The summed E-state index contributed by atoms with van der Waals surface area (Å²) in [7, 11) is 0. The molecular formula is C15H21N3OS. The van der Waals surface area contributed by atoms with E-state index in [1.54, 1.807) is 0 Å².